The maximum absolute atomic E-state index is 13.1. The van der Waals surface area contributed by atoms with Gasteiger partial charge >= 0.3 is 41.5 Å². The van der Waals surface area contributed by atoms with E-state index in [0.717, 1.165) is 23.1 Å². The van der Waals surface area contributed by atoms with Crippen molar-refractivity contribution >= 4 is 17.9 Å². The van der Waals surface area contributed by atoms with E-state index in [4.69, 9.17) is 33.2 Å². The fourth-order valence-electron chi connectivity index (χ4n) is 6.14. The number of fused-ring (bicyclic) bond motifs is 2. The zero-order chi connectivity index (χ0) is 33.6. The number of carboxylic acid groups (broad SMARTS) is 1. The molecule has 2 aliphatic rings. The van der Waals surface area contributed by atoms with E-state index in [1.165, 1.54) is 19.2 Å². The second-order valence-corrected chi connectivity index (χ2v) is 11.2. The summed E-state index contributed by atoms with van der Waals surface area (Å²) in [5, 5.41) is 13.1. The third kappa shape index (κ3) is 7.86. The van der Waals surface area contributed by atoms with Gasteiger partial charge in [0.05, 0.1) is 19.3 Å². The number of aliphatic carboxylic acids is 1. The molecule has 12 heteroatoms. The molecule has 6 rings (SSSR count). The van der Waals surface area contributed by atoms with Crippen LogP contribution in [-0.4, -0.2) is 51.8 Å². The molecule has 49 heavy (non-hydrogen) atoms. The first-order valence-electron chi connectivity index (χ1n) is 15.4. The molecule has 1 heterocycles. The third-order valence-electron chi connectivity index (χ3n) is 8.24. The van der Waals surface area contributed by atoms with Crippen LogP contribution in [0, 0.1) is 5.92 Å². The SMILES string of the molecule is CCCOc1ccc2c(c1)[C@@H](c1ccc(OC)cc1OCOCC(=O)OC(=O)c1ccccc1)[C@H](C(=O)[O-])[C@H]2c1ccc2c(c1)OCO2.[Na+]. The van der Waals surface area contributed by atoms with Crippen molar-refractivity contribution in [2.75, 3.05) is 33.9 Å². The summed E-state index contributed by atoms with van der Waals surface area (Å²) in [4.78, 5) is 37.6. The predicted molar refractivity (Wildman–Crippen MR) is 168 cm³/mol. The van der Waals surface area contributed by atoms with E-state index in [1.54, 1.807) is 48.5 Å². The number of benzene rings is 4. The van der Waals surface area contributed by atoms with Crippen LogP contribution in [0.2, 0.25) is 0 Å². The van der Waals surface area contributed by atoms with Crippen molar-refractivity contribution in [2.24, 2.45) is 5.92 Å². The summed E-state index contributed by atoms with van der Waals surface area (Å²) >= 11 is 0. The minimum atomic E-state index is -1.25. The maximum atomic E-state index is 13.1. The summed E-state index contributed by atoms with van der Waals surface area (Å²) in [6.45, 7) is 1.61. The Morgan fingerprint density at radius 1 is 0.816 bits per heavy atom. The molecule has 0 saturated carbocycles. The first-order chi connectivity index (χ1) is 23.4. The Hall–Kier alpha value is -4.55. The molecule has 0 radical (unpaired) electrons. The minimum absolute atomic E-state index is 0. The van der Waals surface area contributed by atoms with Crippen molar-refractivity contribution in [1.82, 2.24) is 0 Å². The number of carboxylic acids is 1. The Balaban J connectivity index is 0.00000468. The van der Waals surface area contributed by atoms with Gasteiger partial charge in [-0.25, -0.2) is 9.59 Å². The Kier molecular flexibility index (Phi) is 11.8. The van der Waals surface area contributed by atoms with E-state index in [9.17, 15) is 19.5 Å². The zero-order valence-corrected chi connectivity index (χ0v) is 29.3. The molecule has 0 spiro atoms. The molecule has 0 aromatic heterocycles. The van der Waals surface area contributed by atoms with Crippen LogP contribution in [0.15, 0.2) is 84.9 Å². The van der Waals surface area contributed by atoms with Crippen molar-refractivity contribution in [1.29, 1.82) is 0 Å². The average molecular weight is 677 g/mol. The molecule has 0 unspecified atom stereocenters. The normalized spacial score (nSPS) is 17.0. The van der Waals surface area contributed by atoms with Crippen molar-refractivity contribution in [3.63, 3.8) is 0 Å². The average Bonchev–Trinajstić information content (AvgIpc) is 3.71. The first kappa shape index (κ1) is 35.7. The van der Waals surface area contributed by atoms with Crippen LogP contribution in [0.3, 0.4) is 0 Å². The Morgan fingerprint density at radius 2 is 1.57 bits per heavy atom. The van der Waals surface area contributed by atoms with Crippen molar-refractivity contribution in [3.8, 4) is 28.7 Å². The summed E-state index contributed by atoms with van der Waals surface area (Å²) in [6, 6.07) is 24.2. The summed E-state index contributed by atoms with van der Waals surface area (Å²) in [6.07, 6.45) is 0.798. The molecule has 248 valence electrons. The van der Waals surface area contributed by atoms with E-state index < -0.39 is 49.1 Å². The fourth-order valence-corrected chi connectivity index (χ4v) is 6.14. The number of ether oxygens (including phenoxy) is 7. The molecular formula is C37H33NaO11. The number of carbonyl (C=O) groups is 3. The molecule has 11 nitrogen and oxygen atoms in total. The van der Waals surface area contributed by atoms with Crippen LogP contribution in [-0.2, 0) is 19.1 Å². The summed E-state index contributed by atoms with van der Waals surface area (Å²) in [7, 11) is 1.50. The molecule has 1 aliphatic heterocycles. The van der Waals surface area contributed by atoms with Crippen LogP contribution in [0.25, 0.3) is 0 Å². The number of rotatable bonds is 13. The minimum Gasteiger partial charge on any atom is -0.550 e. The number of methoxy groups -OCH3 is 1. The quantitative estimate of drug-likeness (QED) is 0.0671. The van der Waals surface area contributed by atoms with Gasteiger partial charge in [-0.05, 0) is 65.6 Å². The summed E-state index contributed by atoms with van der Waals surface area (Å²) in [5.74, 6) is -2.89. The first-order valence-corrected chi connectivity index (χ1v) is 15.4. The topological polar surface area (TPSA) is 139 Å². The van der Waals surface area contributed by atoms with Crippen LogP contribution < -0.4 is 58.3 Å². The largest absolute Gasteiger partial charge is 1.00 e. The molecule has 4 aromatic rings. The predicted octanol–water partition coefficient (Wildman–Crippen LogP) is 1.60. The van der Waals surface area contributed by atoms with E-state index in [-0.39, 0.29) is 47.7 Å². The van der Waals surface area contributed by atoms with Crippen molar-refractivity contribution < 1.29 is 82.2 Å². The standard InChI is InChI=1S/C37H34O11.Na/c1-3-15-44-25-11-12-26-28(17-25)34(35(36(39)40)33(26)23-9-14-29-31(16-23)47-21-46-29)27-13-10-24(42-2)18-30(27)45-20-43-19-32(38)48-37(41)22-7-5-4-6-8-22;/h4-14,16-18,33-35H,3,15,19-21H2,1-2H3,(H,39,40);/q;+1/p-1/t33-,34+,35+;/m0./s1. The molecule has 1 aliphatic carbocycles. The van der Waals surface area contributed by atoms with Crippen LogP contribution in [0.4, 0.5) is 0 Å². The molecule has 0 fully saturated rings. The molecule has 0 amide bonds. The molecule has 0 saturated heterocycles. The van der Waals surface area contributed by atoms with Crippen LogP contribution in [0.5, 0.6) is 28.7 Å². The van der Waals surface area contributed by atoms with Gasteiger partial charge in [-0.3, -0.25) is 0 Å². The molecule has 0 N–H and O–H groups in total. The van der Waals surface area contributed by atoms with Crippen LogP contribution in [0.1, 0.15) is 57.8 Å². The summed E-state index contributed by atoms with van der Waals surface area (Å²) in [5.41, 5.74) is 3.01. The molecular weight excluding hydrogens is 643 g/mol. The number of hydrogen-bond acceptors (Lipinski definition) is 11. The van der Waals surface area contributed by atoms with E-state index in [0.29, 0.717) is 35.2 Å². The van der Waals surface area contributed by atoms with Crippen molar-refractivity contribution in [2.45, 2.75) is 25.2 Å². The smallest absolute Gasteiger partial charge is 0.550 e. The van der Waals surface area contributed by atoms with Gasteiger partial charge in [0.15, 0.2) is 18.3 Å². The van der Waals surface area contributed by atoms with Gasteiger partial charge in [0.1, 0.15) is 23.9 Å². The maximum Gasteiger partial charge on any atom is 1.00 e. The van der Waals surface area contributed by atoms with Gasteiger partial charge in [0.25, 0.3) is 0 Å². The second kappa shape index (κ2) is 16.2. The van der Waals surface area contributed by atoms with Gasteiger partial charge < -0.3 is 43.1 Å². The Morgan fingerprint density at radius 3 is 2.33 bits per heavy atom. The monoisotopic (exact) mass is 676 g/mol. The van der Waals surface area contributed by atoms with Crippen LogP contribution >= 0.6 is 0 Å². The third-order valence-corrected chi connectivity index (χ3v) is 8.24. The van der Waals surface area contributed by atoms with E-state index in [2.05, 4.69) is 0 Å². The van der Waals surface area contributed by atoms with Gasteiger partial charge in [-0.1, -0.05) is 43.3 Å². The van der Waals surface area contributed by atoms with Gasteiger partial charge in [0.2, 0.25) is 6.79 Å². The van der Waals surface area contributed by atoms with E-state index >= 15 is 0 Å². The molecule has 4 aromatic carbocycles. The van der Waals surface area contributed by atoms with Gasteiger partial charge in [0, 0.05) is 35.4 Å². The summed E-state index contributed by atoms with van der Waals surface area (Å²) < 4.78 is 38.7. The number of carbonyl (C=O) groups excluding carboxylic acids is 3. The Labute approximate surface area is 305 Å². The number of esters is 2. The van der Waals surface area contributed by atoms with Crippen molar-refractivity contribution in [3.05, 3.63) is 113 Å². The van der Waals surface area contributed by atoms with Gasteiger partial charge in [-0.15, -0.1) is 0 Å². The Bertz CT molecular complexity index is 1810. The molecule has 0 bridgehead atoms. The van der Waals surface area contributed by atoms with Gasteiger partial charge in [-0.2, -0.15) is 0 Å². The second-order valence-electron chi connectivity index (χ2n) is 11.2. The number of hydrogen-bond donors (Lipinski definition) is 0. The zero-order valence-electron chi connectivity index (χ0n) is 27.3. The fraction of sp³-hybridized carbons (Fsp3) is 0.270. The van der Waals surface area contributed by atoms with E-state index in [1.807, 2.05) is 31.2 Å². The molecule has 3 atom stereocenters.